The second-order valence-electron chi connectivity index (χ2n) is 11.1. The number of aryl methyl sites for hydroxylation is 1. The van der Waals surface area contributed by atoms with Crippen molar-refractivity contribution in [2.75, 3.05) is 0 Å². The fourth-order valence-electron chi connectivity index (χ4n) is 6.05. The highest BCUT2D eigenvalue weighted by atomic mass is 16.5. The maximum absolute atomic E-state index is 13.3. The van der Waals surface area contributed by atoms with Crippen LogP contribution in [0.2, 0.25) is 0 Å². The summed E-state index contributed by atoms with van der Waals surface area (Å²) >= 11 is 0. The van der Waals surface area contributed by atoms with E-state index in [1.807, 2.05) is 70.2 Å². The van der Waals surface area contributed by atoms with E-state index in [2.05, 4.69) is 5.32 Å². The van der Waals surface area contributed by atoms with E-state index in [-0.39, 0.29) is 17.9 Å². The first-order valence-electron chi connectivity index (χ1n) is 13.3. The molecule has 0 bridgehead atoms. The van der Waals surface area contributed by atoms with Crippen LogP contribution in [-0.2, 0) is 11.2 Å². The number of hydrogen-bond acceptors (Lipinski definition) is 7. The molecule has 2 aromatic carbocycles. The molecule has 1 unspecified atom stereocenters. The van der Waals surface area contributed by atoms with Crippen LogP contribution in [0.5, 0.6) is 5.75 Å². The smallest absolute Gasteiger partial charge is 0.232 e. The second kappa shape index (κ2) is 9.42. The van der Waals surface area contributed by atoms with Crippen LogP contribution >= 0.6 is 0 Å². The Morgan fingerprint density at radius 2 is 1.92 bits per heavy atom. The van der Waals surface area contributed by atoms with Gasteiger partial charge in [-0.15, -0.1) is 0 Å². The van der Waals surface area contributed by atoms with E-state index >= 15 is 0 Å². The Labute approximate surface area is 218 Å². The fraction of sp³-hybridized carbons (Fsp3) is 0.517. The number of amides is 1. The number of benzene rings is 2. The molecule has 1 aliphatic carbocycles. The Balaban J connectivity index is 1.42. The SMILES string of the molecule is CCC1(CC)CC(=O)N([C@@H]2CCc3ccc(C(O)N[C@@H]4c5ccccc5OC(C)(C)[C@H]4O)cc32)C(N)=N1. The number of carbonyl (C=O) groups excluding carboxylic acids is 1. The highest BCUT2D eigenvalue weighted by Crippen LogP contribution is 2.42. The Bertz CT molecular complexity index is 1220. The molecule has 5 N–H and O–H groups in total. The molecule has 0 saturated carbocycles. The third-order valence-corrected chi connectivity index (χ3v) is 8.50. The minimum Gasteiger partial charge on any atom is -0.485 e. The van der Waals surface area contributed by atoms with Crippen molar-refractivity contribution in [3.05, 3.63) is 64.7 Å². The number of aliphatic hydroxyl groups excluding tert-OH is 2. The molecule has 0 aromatic heterocycles. The van der Waals surface area contributed by atoms with E-state index in [0.717, 1.165) is 42.4 Å². The summed E-state index contributed by atoms with van der Waals surface area (Å²) in [5, 5.41) is 25.6. The van der Waals surface area contributed by atoms with Crippen molar-refractivity contribution in [2.45, 2.75) is 95.4 Å². The van der Waals surface area contributed by atoms with Crippen molar-refractivity contribution in [1.82, 2.24) is 10.2 Å². The lowest BCUT2D eigenvalue weighted by atomic mass is 9.86. The molecule has 4 atom stereocenters. The maximum Gasteiger partial charge on any atom is 0.232 e. The molecule has 8 nitrogen and oxygen atoms in total. The van der Waals surface area contributed by atoms with E-state index in [1.54, 1.807) is 4.90 Å². The van der Waals surface area contributed by atoms with Crippen LogP contribution in [0.15, 0.2) is 47.5 Å². The number of aliphatic hydroxyl groups is 2. The van der Waals surface area contributed by atoms with Crippen LogP contribution < -0.4 is 15.8 Å². The summed E-state index contributed by atoms with van der Waals surface area (Å²) < 4.78 is 6.01. The standard InChI is InChI=1S/C29H38N4O4/c1-5-29(6-2)16-23(34)33(27(30)32-29)21-14-13-17-11-12-18(15-20(17)21)26(36)31-24-19-9-7-8-10-22(19)37-28(3,4)25(24)35/h7-12,15,21,24-26,31,35-36H,5-6,13-14,16H2,1-4H3,(H2,30,32)/t21-,24-,25+,26?/m1/s1. The van der Waals surface area contributed by atoms with Crippen molar-refractivity contribution < 1.29 is 19.7 Å². The zero-order chi connectivity index (χ0) is 26.5. The van der Waals surface area contributed by atoms with Gasteiger partial charge in [0.05, 0.1) is 24.0 Å². The van der Waals surface area contributed by atoms with E-state index < -0.39 is 29.5 Å². The average Bonchev–Trinajstić information content (AvgIpc) is 3.28. The lowest BCUT2D eigenvalue weighted by Crippen LogP contribution is -2.53. The first-order valence-corrected chi connectivity index (χ1v) is 13.3. The Morgan fingerprint density at radius 3 is 2.62 bits per heavy atom. The van der Waals surface area contributed by atoms with Gasteiger partial charge in [0.2, 0.25) is 5.91 Å². The molecule has 198 valence electrons. The number of fused-ring (bicyclic) bond motifs is 2. The van der Waals surface area contributed by atoms with Crippen LogP contribution in [0.3, 0.4) is 0 Å². The molecule has 8 heteroatoms. The predicted molar refractivity (Wildman–Crippen MR) is 142 cm³/mol. The summed E-state index contributed by atoms with van der Waals surface area (Å²) in [4.78, 5) is 19.7. The van der Waals surface area contributed by atoms with E-state index in [1.165, 1.54) is 0 Å². The molecule has 3 aliphatic rings. The van der Waals surface area contributed by atoms with Gasteiger partial charge in [-0.25, -0.2) is 4.99 Å². The second-order valence-corrected chi connectivity index (χ2v) is 11.1. The minimum atomic E-state index is -1.04. The first-order chi connectivity index (χ1) is 17.6. The fourth-order valence-corrected chi connectivity index (χ4v) is 6.05. The van der Waals surface area contributed by atoms with Gasteiger partial charge in [-0.3, -0.25) is 15.0 Å². The first kappa shape index (κ1) is 25.7. The number of para-hydroxylation sites is 1. The average molecular weight is 507 g/mol. The third kappa shape index (κ3) is 4.41. The van der Waals surface area contributed by atoms with Crippen molar-refractivity contribution in [3.63, 3.8) is 0 Å². The van der Waals surface area contributed by atoms with Gasteiger partial charge in [0.25, 0.3) is 0 Å². The molecule has 2 heterocycles. The molecule has 1 amide bonds. The molecule has 2 aliphatic heterocycles. The zero-order valence-electron chi connectivity index (χ0n) is 22.1. The molecule has 0 saturated heterocycles. The number of nitrogens with zero attached hydrogens (tertiary/aromatic N) is 2. The van der Waals surface area contributed by atoms with Gasteiger partial charge in [0, 0.05) is 5.56 Å². The number of nitrogens with two attached hydrogens (primary N) is 1. The number of nitrogens with one attached hydrogen (secondary N) is 1. The highest BCUT2D eigenvalue weighted by Gasteiger charge is 2.44. The molecule has 2 aromatic rings. The summed E-state index contributed by atoms with van der Waals surface area (Å²) in [6.07, 6.45) is 1.56. The minimum absolute atomic E-state index is 0.00212. The maximum atomic E-state index is 13.3. The molecule has 0 fully saturated rings. The van der Waals surface area contributed by atoms with Gasteiger partial charge in [-0.1, -0.05) is 44.2 Å². The van der Waals surface area contributed by atoms with Crippen LogP contribution in [0.1, 0.15) is 93.9 Å². The van der Waals surface area contributed by atoms with Crippen molar-refractivity contribution in [2.24, 2.45) is 10.7 Å². The van der Waals surface area contributed by atoms with E-state index in [0.29, 0.717) is 17.7 Å². The number of hydrogen-bond donors (Lipinski definition) is 4. The number of carbonyl (C=O) groups is 1. The Hall–Kier alpha value is -2.94. The summed E-state index contributed by atoms with van der Waals surface area (Å²) in [5.74, 6) is 0.971. The van der Waals surface area contributed by atoms with Gasteiger partial charge in [0.15, 0.2) is 5.96 Å². The van der Waals surface area contributed by atoms with E-state index in [9.17, 15) is 15.0 Å². The number of rotatable bonds is 6. The van der Waals surface area contributed by atoms with Gasteiger partial charge in [0.1, 0.15) is 23.7 Å². The molecule has 0 radical (unpaired) electrons. The summed E-state index contributed by atoms with van der Waals surface area (Å²) in [6.45, 7) is 7.76. The van der Waals surface area contributed by atoms with E-state index in [4.69, 9.17) is 15.5 Å². The normalized spacial score (nSPS) is 26.6. The summed E-state index contributed by atoms with van der Waals surface area (Å²) in [6, 6.07) is 12.7. The Morgan fingerprint density at radius 1 is 1.19 bits per heavy atom. The number of aliphatic imine (C=N–C) groups is 1. The number of ether oxygens (including phenoxy) is 1. The van der Waals surface area contributed by atoms with Crippen LogP contribution in [-0.4, -0.2) is 44.2 Å². The van der Waals surface area contributed by atoms with Crippen molar-refractivity contribution in [3.8, 4) is 5.75 Å². The van der Waals surface area contributed by atoms with Crippen LogP contribution in [0, 0.1) is 0 Å². The summed E-state index contributed by atoms with van der Waals surface area (Å²) in [7, 11) is 0. The molecule has 5 rings (SSSR count). The molecular weight excluding hydrogens is 468 g/mol. The van der Waals surface area contributed by atoms with Gasteiger partial charge >= 0.3 is 0 Å². The lowest BCUT2D eigenvalue weighted by Gasteiger charge is -2.43. The monoisotopic (exact) mass is 506 g/mol. The van der Waals surface area contributed by atoms with Crippen LogP contribution in [0.4, 0.5) is 0 Å². The zero-order valence-corrected chi connectivity index (χ0v) is 22.1. The van der Waals surface area contributed by atoms with Crippen molar-refractivity contribution >= 4 is 11.9 Å². The predicted octanol–water partition coefficient (Wildman–Crippen LogP) is 3.63. The topological polar surface area (TPSA) is 120 Å². The summed E-state index contributed by atoms with van der Waals surface area (Å²) in [5.41, 5.74) is 8.73. The highest BCUT2D eigenvalue weighted by molar-refractivity contribution is 5.99. The van der Waals surface area contributed by atoms with Gasteiger partial charge in [-0.2, -0.15) is 0 Å². The Kier molecular flexibility index (Phi) is 6.54. The third-order valence-electron chi connectivity index (χ3n) is 8.50. The number of guanidine groups is 1. The molecule has 37 heavy (non-hydrogen) atoms. The van der Waals surface area contributed by atoms with Gasteiger partial charge in [-0.05, 0) is 68.4 Å². The van der Waals surface area contributed by atoms with Gasteiger partial charge < -0.3 is 20.7 Å². The largest absolute Gasteiger partial charge is 0.485 e. The quantitative estimate of drug-likeness (QED) is 0.444. The molecule has 0 spiro atoms. The van der Waals surface area contributed by atoms with Crippen LogP contribution in [0.25, 0.3) is 0 Å². The lowest BCUT2D eigenvalue weighted by molar-refractivity contribution is -0.131. The van der Waals surface area contributed by atoms with Crippen molar-refractivity contribution in [1.29, 1.82) is 0 Å². The molecular formula is C29H38N4O4.